The predicted octanol–water partition coefficient (Wildman–Crippen LogP) is 2.45. The van der Waals surface area contributed by atoms with E-state index in [9.17, 15) is 9.18 Å². The number of hydrogen-bond donors (Lipinski definition) is 2. The van der Waals surface area contributed by atoms with Crippen molar-refractivity contribution in [2.45, 2.75) is 26.8 Å². The van der Waals surface area contributed by atoms with Crippen LogP contribution < -0.4 is 10.6 Å². The average Bonchev–Trinajstić information content (AvgIpc) is 2.48. The zero-order valence-electron chi connectivity index (χ0n) is 10.3. The van der Waals surface area contributed by atoms with Gasteiger partial charge in [-0.1, -0.05) is 26.8 Å². The van der Waals surface area contributed by atoms with Crippen molar-refractivity contribution < 1.29 is 9.18 Å². The molecule has 0 aliphatic carbocycles. The van der Waals surface area contributed by atoms with Crippen LogP contribution in [0.1, 0.15) is 32.4 Å². The predicted molar refractivity (Wildman–Crippen MR) is 65.2 cm³/mol. The normalized spacial score (nSPS) is 19.1. The van der Waals surface area contributed by atoms with Crippen molar-refractivity contribution in [2.24, 2.45) is 5.41 Å². The molecule has 1 aliphatic heterocycles. The van der Waals surface area contributed by atoms with Gasteiger partial charge >= 0.3 is 0 Å². The van der Waals surface area contributed by atoms with Crippen LogP contribution in [0.3, 0.4) is 0 Å². The van der Waals surface area contributed by atoms with Crippen LogP contribution in [0.5, 0.6) is 0 Å². The lowest BCUT2D eigenvalue weighted by molar-refractivity contribution is -0.117. The second-order valence-electron chi connectivity index (χ2n) is 5.60. The van der Waals surface area contributed by atoms with E-state index in [0.717, 1.165) is 12.1 Å². The van der Waals surface area contributed by atoms with Gasteiger partial charge in [-0.15, -0.1) is 0 Å². The Morgan fingerprint density at radius 2 is 2.12 bits per heavy atom. The molecule has 1 unspecified atom stereocenters. The van der Waals surface area contributed by atoms with Gasteiger partial charge in [0.2, 0.25) is 5.91 Å². The van der Waals surface area contributed by atoms with E-state index in [1.807, 2.05) is 0 Å². The van der Waals surface area contributed by atoms with Gasteiger partial charge in [-0.25, -0.2) is 4.39 Å². The molecule has 1 amide bonds. The number of carbonyl (C=O) groups is 1. The monoisotopic (exact) mass is 236 g/mol. The number of halogens is 1. The number of rotatable bonds is 2. The number of hydrogen-bond acceptors (Lipinski definition) is 2. The zero-order chi connectivity index (χ0) is 12.6. The fourth-order valence-corrected chi connectivity index (χ4v) is 1.85. The first kappa shape index (κ1) is 12.0. The van der Waals surface area contributed by atoms with Crippen LogP contribution in [0.2, 0.25) is 0 Å². The molecule has 1 aromatic carbocycles. The van der Waals surface area contributed by atoms with Crippen molar-refractivity contribution in [1.82, 2.24) is 5.32 Å². The molecule has 1 atom stereocenters. The standard InChI is InChI=1S/C13H17FN2O/c1-13(2,3)7-15-11-9-5-4-8(14)6-10(9)16-12(11)17/h4-6,11,15H,7H2,1-3H3,(H,16,17). The van der Waals surface area contributed by atoms with Gasteiger partial charge in [-0.2, -0.15) is 0 Å². The minimum Gasteiger partial charge on any atom is -0.324 e. The maximum atomic E-state index is 13.0. The smallest absolute Gasteiger partial charge is 0.246 e. The summed E-state index contributed by atoms with van der Waals surface area (Å²) in [4.78, 5) is 11.8. The van der Waals surface area contributed by atoms with E-state index in [0.29, 0.717) is 5.69 Å². The van der Waals surface area contributed by atoms with Gasteiger partial charge in [-0.3, -0.25) is 4.79 Å². The molecule has 0 radical (unpaired) electrons. The van der Waals surface area contributed by atoms with E-state index in [1.54, 1.807) is 6.07 Å². The summed E-state index contributed by atoms with van der Waals surface area (Å²) in [6.45, 7) is 7.01. The highest BCUT2D eigenvalue weighted by Gasteiger charge is 2.31. The van der Waals surface area contributed by atoms with Gasteiger partial charge in [0.15, 0.2) is 0 Å². The van der Waals surface area contributed by atoms with Crippen molar-refractivity contribution in [3.8, 4) is 0 Å². The number of anilines is 1. The first-order chi connectivity index (χ1) is 7.87. The molecule has 1 aromatic rings. The number of fused-ring (bicyclic) bond motifs is 1. The van der Waals surface area contributed by atoms with Crippen molar-refractivity contribution in [3.05, 3.63) is 29.6 Å². The van der Waals surface area contributed by atoms with E-state index < -0.39 is 0 Å². The molecule has 0 aromatic heterocycles. The molecule has 0 fully saturated rings. The van der Waals surface area contributed by atoms with E-state index in [-0.39, 0.29) is 23.2 Å². The molecular weight excluding hydrogens is 219 g/mol. The molecular formula is C13H17FN2O. The highest BCUT2D eigenvalue weighted by Crippen LogP contribution is 2.31. The first-order valence-electron chi connectivity index (χ1n) is 5.70. The molecule has 1 aliphatic rings. The number of carbonyl (C=O) groups excluding carboxylic acids is 1. The minimum atomic E-state index is -0.371. The third-order valence-electron chi connectivity index (χ3n) is 2.68. The third-order valence-corrected chi connectivity index (χ3v) is 2.68. The Bertz CT molecular complexity index is 451. The number of amides is 1. The van der Waals surface area contributed by atoms with Crippen LogP contribution >= 0.6 is 0 Å². The van der Waals surface area contributed by atoms with E-state index >= 15 is 0 Å². The van der Waals surface area contributed by atoms with Gasteiger partial charge in [0.25, 0.3) is 0 Å². The molecule has 2 rings (SSSR count). The minimum absolute atomic E-state index is 0.100. The highest BCUT2D eigenvalue weighted by molar-refractivity contribution is 6.02. The van der Waals surface area contributed by atoms with Crippen molar-refractivity contribution >= 4 is 11.6 Å². The van der Waals surface area contributed by atoms with Gasteiger partial charge in [0, 0.05) is 17.8 Å². The molecule has 0 saturated carbocycles. The van der Waals surface area contributed by atoms with Gasteiger partial charge in [-0.05, 0) is 17.5 Å². The summed E-state index contributed by atoms with van der Waals surface area (Å²) in [6, 6.07) is 4.02. The first-order valence-corrected chi connectivity index (χ1v) is 5.70. The summed E-state index contributed by atoms with van der Waals surface area (Å²) in [7, 11) is 0. The van der Waals surface area contributed by atoms with E-state index in [1.165, 1.54) is 12.1 Å². The Morgan fingerprint density at radius 3 is 2.76 bits per heavy atom. The molecule has 3 nitrogen and oxygen atoms in total. The van der Waals surface area contributed by atoms with Crippen LogP contribution in [0.4, 0.5) is 10.1 Å². The van der Waals surface area contributed by atoms with Gasteiger partial charge < -0.3 is 10.6 Å². The van der Waals surface area contributed by atoms with Crippen LogP contribution in [0, 0.1) is 11.2 Å². The van der Waals surface area contributed by atoms with Crippen molar-refractivity contribution in [1.29, 1.82) is 0 Å². The Labute approximate surface area is 100 Å². The lowest BCUT2D eigenvalue weighted by atomic mass is 9.96. The van der Waals surface area contributed by atoms with Crippen LogP contribution in [-0.2, 0) is 4.79 Å². The summed E-state index contributed by atoms with van der Waals surface area (Å²) in [6.07, 6.45) is 0. The average molecular weight is 236 g/mol. The van der Waals surface area contributed by atoms with Crippen LogP contribution in [0.15, 0.2) is 18.2 Å². The van der Waals surface area contributed by atoms with Gasteiger partial charge in [0.1, 0.15) is 11.9 Å². The summed E-state index contributed by atoms with van der Waals surface area (Å²) < 4.78 is 13.0. The quantitative estimate of drug-likeness (QED) is 0.828. The fourth-order valence-electron chi connectivity index (χ4n) is 1.85. The summed E-state index contributed by atoms with van der Waals surface area (Å²) in [5.41, 5.74) is 1.49. The second-order valence-corrected chi connectivity index (χ2v) is 5.60. The number of nitrogens with one attached hydrogen (secondary N) is 2. The second kappa shape index (κ2) is 4.11. The van der Waals surface area contributed by atoms with Crippen molar-refractivity contribution in [3.63, 3.8) is 0 Å². The van der Waals surface area contributed by atoms with Crippen LogP contribution in [0.25, 0.3) is 0 Å². The lowest BCUT2D eigenvalue weighted by Gasteiger charge is -2.21. The Balaban J connectivity index is 2.18. The summed E-state index contributed by atoms with van der Waals surface area (Å²) in [5.74, 6) is -0.449. The topological polar surface area (TPSA) is 41.1 Å². The van der Waals surface area contributed by atoms with Crippen LogP contribution in [-0.4, -0.2) is 12.5 Å². The maximum absolute atomic E-state index is 13.0. The summed E-state index contributed by atoms with van der Waals surface area (Å²) >= 11 is 0. The highest BCUT2D eigenvalue weighted by atomic mass is 19.1. The summed E-state index contributed by atoms with van der Waals surface area (Å²) in [5, 5.41) is 5.90. The Morgan fingerprint density at radius 1 is 1.41 bits per heavy atom. The molecule has 92 valence electrons. The molecule has 1 heterocycles. The SMILES string of the molecule is CC(C)(C)CNC1C(=O)Nc2cc(F)ccc21. The maximum Gasteiger partial charge on any atom is 0.246 e. The Kier molecular flexibility index (Phi) is 2.91. The molecule has 0 bridgehead atoms. The Hall–Kier alpha value is -1.42. The van der Waals surface area contributed by atoms with E-state index in [4.69, 9.17) is 0 Å². The zero-order valence-corrected chi connectivity index (χ0v) is 10.3. The third kappa shape index (κ3) is 2.64. The fraction of sp³-hybridized carbons (Fsp3) is 0.462. The van der Waals surface area contributed by atoms with Gasteiger partial charge in [0.05, 0.1) is 0 Å². The largest absolute Gasteiger partial charge is 0.324 e. The molecule has 2 N–H and O–H groups in total. The van der Waals surface area contributed by atoms with Crippen molar-refractivity contribution in [2.75, 3.05) is 11.9 Å². The number of benzene rings is 1. The molecule has 0 saturated heterocycles. The van der Waals surface area contributed by atoms with E-state index in [2.05, 4.69) is 31.4 Å². The molecule has 17 heavy (non-hydrogen) atoms. The molecule has 4 heteroatoms. The lowest BCUT2D eigenvalue weighted by Crippen LogP contribution is -2.34. The molecule has 0 spiro atoms.